The maximum atomic E-state index is 11.1. The number of alkyl halides is 5. The lowest BCUT2D eigenvalue weighted by atomic mass is 10.1. The van der Waals surface area contributed by atoms with Gasteiger partial charge in [0.2, 0.25) is 0 Å². The molecule has 0 amide bonds. The highest BCUT2D eigenvalue weighted by Gasteiger charge is 2.52. The van der Waals surface area contributed by atoms with E-state index in [9.17, 15) is 22.0 Å². The van der Waals surface area contributed by atoms with Gasteiger partial charge in [0.1, 0.15) is 0 Å². The minimum absolute atomic E-state index is 0.188. The summed E-state index contributed by atoms with van der Waals surface area (Å²) in [6.07, 6.45) is -2.94. The molecule has 1 rings (SSSR count). The molecular formula is C13H17F5. The van der Waals surface area contributed by atoms with Crippen LogP contribution < -0.4 is 0 Å². The van der Waals surface area contributed by atoms with Gasteiger partial charge in [-0.3, -0.25) is 0 Å². The largest absolute Gasteiger partial charge is 0.452 e. The Balaban J connectivity index is 0.000000331. The van der Waals surface area contributed by atoms with Gasteiger partial charge in [-0.05, 0) is 24.5 Å². The van der Waals surface area contributed by atoms with Crippen molar-refractivity contribution in [2.24, 2.45) is 0 Å². The van der Waals surface area contributed by atoms with Crippen LogP contribution in [0.5, 0.6) is 0 Å². The van der Waals surface area contributed by atoms with E-state index in [1.807, 2.05) is 0 Å². The monoisotopic (exact) mass is 268 g/mol. The van der Waals surface area contributed by atoms with E-state index < -0.39 is 12.1 Å². The predicted molar refractivity (Wildman–Crippen MR) is 61.9 cm³/mol. The highest BCUT2D eigenvalue weighted by atomic mass is 19.4. The SMILES string of the molecule is CC(F)(F)C(F)(F)F.CCCc1ccccc1C. The van der Waals surface area contributed by atoms with Crippen molar-refractivity contribution >= 4 is 0 Å². The minimum atomic E-state index is -5.40. The quantitative estimate of drug-likeness (QED) is 0.650. The molecule has 0 unspecified atom stereocenters. The molecule has 0 bridgehead atoms. The highest BCUT2D eigenvalue weighted by Crippen LogP contribution is 2.34. The van der Waals surface area contributed by atoms with Crippen molar-refractivity contribution in [3.63, 3.8) is 0 Å². The lowest BCUT2D eigenvalue weighted by Crippen LogP contribution is -2.32. The van der Waals surface area contributed by atoms with Crippen LogP contribution in [-0.4, -0.2) is 12.1 Å². The van der Waals surface area contributed by atoms with Gasteiger partial charge in [-0.2, -0.15) is 22.0 Å². The molecule has 0 aromatic heterocycles. The topological polar surface area (TPSA) is 0 Å². The first-order valence-electron chi connectivity index (χ1n) is 5.58. The minimum Gasteiger partial charge on any atom is -0.197 e. The van der Waals surface area contributed by atoms with Crippen LogP contribution in [0.3, 0.4) is 0 Å². The molecule has 0 spiro atoms. The molecule has 1 aromatic carbocycles. The summed E-state index contributed by atoms with van der Waals surface area (Å²) in [4.78, 5) is 0. The molecule has 0 aliphatic rings. The second-order valence-electron chi connectivity index (χ2n) is 4.06. The van der Waals surface area contributed by atoms with Gasteiger partial charge in [0.15, 0.2) is 0 Å². The van der Waals surface area contributed by atoms with Crippen molar-refractivity contribution in [3.05, 3.63) is 35.4 Å². The van der Waals surface area contributed by atoms with Crippen LogP contribution in [0.4, 0.5) is 22.0 Å². The van der Waals surface area contributed by atoms with E-state index in [1.54, 1.807) is 0 Å². The van der Waals surface area contributed by atoms with Gasteiger partial charge in [-0.15, -0.1) is 0 Å². The fraction of sp³-hybridized carbons (Fsp3) is 0.538. The van der Waals surface area contributed by atoms with Gasteiger partial charge in [-0.1, -0.05) is 37.6 Å². The van der Waals surface area contributed by atoms with Crippen LogP contribution in [-0.2, 0) is 6.42 Å². The van der Waals surface area contributed by atoms with Crippen molar-refractivity contribution in [2.75, 3.05) is 0 Å². The third-order valence-corrected chi connectivity index (χ3v) is 2.28. The summed E-state index contributed by atoms with van der Waals surface area (Å²) in [6, 6.07) is 8.58. The molecule has 0 aliphatic heterocycles. The molecule has 0 atom stereocenters. The smallest absolute Gasteiger partial charge is 0.197 e. The zero-order valence-corrected chi connectivity index (χ0v) is 10.6. The van der Waals surface area contributed by atoms with Crippen LogP contribution >= 0.6 is 0 Å². The molecule has 1 aromatic rings. The third-order valence-electron chi connectivity index (χ3n) is 2.28. The van der Waals surface area contributed by atoms with Crippen LogP contribution in [0.25, 0.3) is 0 Å². The molecule has 0 fully saturated rings. The zero-order valence-electron chi connectivity index (χ0n) is 10.6. The van der Waals surface area contributed by atoms with Crippen molar-refractivity contribution in [3.8, 4) is 0 Å². The zero-order chi connectivity index (χ0) is 14.4. The van der Waals surface area contributed by atoms with E-state index in [1.165, 1.54) is 24.0 Å². The fourth-order valence-corrected chi connectivity index (χ4v) is 1.16. The number of rotatable bonds is 2. The maximum Gasteiger partial charge on any atom is 0.452 e. The third kappa shape index (κ3) is 5.98. The Labute approximate surface area is 104 Å². The normalized spacial score (nSPS) is 11.8. The van der Waals surface area contributed by atoms with Crippen molar-refractivity contribution in [2.45, 2.75) is 45.7 Å². The van der Waals surface area contributed by atoms with Crippen molar-refractivity contribution < 1.29 is 22.0 Å². The molecule has 0 radical (unpaired) electrons. The van der Waals surface area contributed by atoms with Gasteiger partial charge in [0, 0.05) is 6.92 Å². The van der Waals surface area contributed by atoms with E-state index in [-0.39, 0.29) is 6.92 Å². The average molecular weight is 268 g/mol. The standard InChI is InChI=1S/C10H14.C3H3F5/c1-3-6-10-8-5-4-7-9(10)2;1-2(4,5)3(6,7)8/h4-5,7-8H,3,6H2,1-2H3;1H3. The summed E-state index contributed by atoms with van der Waals surface area (Å²) >= 11 is 0. The molecular weight excluding hydrogens is 251 g/mol. The van der Waals surface area contributed by atoms with E-state index in [0.29, 0.717) is 0 Å². The summed E-state index contributed by atoms with van der Waals surface area (Å²) in [5.41, 5.74) is 2.91. The summed E-state index contributed by atoms with van der Waals surface area (Å²) in [6.45, 7) is 4.20. The lowest BCUT2D eigenvalue weighted by Gasteiger charge is -2.12. The first-order valence-corrected chi connectivity index (χ1v) is 5.58. The Morgan fingerprint density at radius 3 is 1.78 bits per heavy atom. The molecule has 0 saturated carbocycles. The molecule has 0 saturated heterocycles. The predicted octanol–water partition coefficient (Wildman–Crippen LogP) is 5.15. The van der Waals surface area contributed by atoms with Gasteiger partial charge in [-0.25, -0.2) is 0 Å². The first kappa shape index (κ1) is 16.9. The van der Waals surface area contributed by atoms with Crippen LogP contribution in [0.1, 0.15) is 31.4 Å². The summed E-state index contributed by atoms with van der Waals surface area (Å²) in [7, 11) is 0. The second-order valence-corrected chi connectivity index (χ2v) is 4.06. The van der Waals surface area contributed by atoms with Crippen LogP contribution in [0, 0.1) is 6.92 Å². The Morgan fingerprint density at radius 2 is 1.44 bits per heavy atom. The van der Waals surface area contributed by atoms with E-state index in [2.05, 4.69) is 38.1 Å². The van der Waals surface area contributed by atoms with Crippen molar-refractivity contribution in [1.29, 1.82) is 0 Å². The van der Waals surface area contributed by atoms with Crippen molar-refractivity contribution in [1.82, 2.24) is 0 Å². The molecule has 0 nitrogen and oxygen atoms in total. The maximum absolute atomic E-state index is 11.1. The van der Waals surface area contributed by atoms with E-state index in [0.717, 1.165) is 0 Å². The molecule has 18 heavy (non-hydrogen) atoms. The Morgan fingerprint density at radius 1 is 1.00 bits per heavy atom. The van der Waals surface area contributed by atoms with E-state index >= 15 is 0 Å². The molecule has 0 aliphatic carbocycles. The number of benzene rings is 1. The summed E-state index contributed by atoms with van der Waals surface area (Å²) in [5.74, 6) is -4.56. The fourth-order valence-electron chi connectivity index (χ4n) is 1.16. The molecule has 0 heterocycles. The van der Waals surface area contributed by atoms with Gasteiger partial charge in [0.05, 0.1) is 0 Å². The Bertz CT molecular complexity index is 337. The summed E-state index contributed by atoms with van der Waals surface area (Å²) < 4.78 is 54.6. The second kappa shape index (κ2) is 6.71. The molecule has 0 N–H and O–H groups in total. The Hall–Kier alpha value is -1.13. The average Bonchev–Trinajstić information content (AvgIpc) is 2.20. The highest BCUT2D eigenvalue weighted by molar-refractivity contribution is 5.25. The van der Waals surface area contributed by atoms with Crippen LogP contribution in [0.15, 0.2) is 24.3 Å². The van der Waals surface area contributed by atoms with Gasteiger partial charge < -0.3 is 0 Å². The van der Waals surface area contributed by atoms with Gasteiger partial charge >= 0.3 is 12.1 Å². The number of hydrogen-bond acceptors (Lipinski definition) is 0. The first-order chi connectivity index (χ1) is 8.09. The summed E-state index contributed by atoms with van der Waals surface area (Å²) in [5, 5.41) is 0. The number of hydrogen-bond donors (Lipinski definition) is 0. The number of aryl methyl sites for hydroxylation is 2. The van der Waals surface area contributed by atoms with E-state index in [4.69, 9.17) is 0 Å². The molecule has 5 heteroatoms. The lowest BCUT2D eigenvalue weighted by molar-refractivity contribution is -0.273. The molecule has 104 valence electrons. The number of halogens is 5. The van der Waals surface area contributed by atoms with Gasteiger partial charge in [0.25, 0.3) is 0 Å². The Kier molecular flexibility index (Phi) is 6.29. The van der Waals surface area contributed by atoms with Crippen LogP contribution in [0.2, 0.25) is 0 Å².